The molecule has 3 rings (SSSR count). The van der Waals surface area contributed by atoms with Crippen LogP contribution in [0.3, 0.4) is 0 Å². The predicted molar refractivity (Wildman–Crippen MR) is 108 cm³/mol. The van der Waals surface area contributed by atoms with Crippen LogP contribution in [0.4, 0.5) is 18.9 Å². The van der Waals surface area contributed by atoms with E-state index in [0.29, 0.717) is 30.4 Å². The molecule has 1 aliphatic rings. The second kappa shape index (κ2) is 9.67. The van der Waals surface area contributed by atoms with E-state index in [1.54, 1.807) is 18.2 Å². The molecule has 0 saturated carbocycles. The summed E-state index contributed by atoms with van der Waals surface area (Å²) in [7, 11) is 0. The fourth-order valence-corrected chi connectivity index (χ4v) is 2.48. The van der Waals surface area contributed by atoms with Gasteiger partial charge >= 0.3 is 0 Å². The van der Waals surface area contributed by atoms with Crippen molar-refractivity contribution in [2.45, 2.75) is 12.8 Å². The van der Waals surface area contributed by atoms with Crippen molar-refractivity contribution in [1.29, 1.82) is 0 Å². The van der Waals surface area contributed by atoms with Gasteiger partial charge in [-0.2, -0.15) is 0 Å². The molecule has 0 fully saturated rings. The molecule has 1 heterocycles. The van der Waals surface area contributed by atoms with Gasteiger partial charge in [0.15, 0.2) is 34.9 Å². The topological polar surface area (TPSA) is 68.9 Å². The Hall–Kier alpha value is -2.17. The Bertz CT molecular complexity index is 834. The van der Waals surface area contributed by atoms with Gasteiger partial charge < -0.3 is 20.5 Å². The van der Waals surface area contributed by atoms with E-state index in [1.165, 1.54) is 6.07 Å². The van der Waals surface area contributed by atoms with E-state index < -0.39 is 17.5 Å². The van der Waals surface area contributed by atoms with Crippen molar-refractivity contribution in [1.82, 2.24) is 0 Å². The molecule has 0 aromatic heterocycles. The molecule has 3 N–H and O–H groups in total. The van der Waals surface area contributed by atoms with Gasteiger partial charge in [-0.15, -0.1) is 24.0 Å². The number of hydrogen-bond acceptors (Lipinski definition) is 3. The van der Waals surface area contributed by atoms with Crippen LogP contribution < -0.4 is 20.5 Å². The summed E-state index contributed by atoms with van der Waals surface area (Å²) < 4.78 is 50.8. The molecule has 2 aromatic carbocycles. The van der Waals surface area contributed by atoms with Gasteiger partial charge in [0.25, 0.3) is 0 Å². The van der Waals surface area contributed by atoms with Crippen LogP contribution >= 0.6 is 24.0 Å². The average molecular weight is 493 g/mol. The number of hydrogen-bond donors (Lipinski definition) is 2. The SMILES string of the molecule is I.NC(=NCCc1ccc(F)c(F)c1F)Nc1ccc2c(c1)OCCCO2. The lowest BCUT2D eigenvalue weighted by Gasteiger charge is -2.11. The first-order valence-corrected chi connectivity index (χ1v) is 8.13. The molecule has 0 unspecified atom stereocenters. The number of fused-ring (bicyclic) bond motifs is 1. The lowest BCUT2D eigenvalue weighted by atomic mass is 10.1. The molecular weight excluding hydrogens is 474 g/mol. The van der Waals surface area contributed by atoms with E-state index >= 15 is 0 Å². The lowest BCUT2D eigenvalue weighted by Crippen LogP contribution is -2.23. The Morgan fingerprint density at radius 1 is 1.04 bits per heavy atom. The quantitative estimate of drug-likeness (QED) is 0.294. The van der Waals surface area contributed by atoms with Gasteiger partial charge in [0.2, 0.25) is 0 Å². The number of rotatable bonds is 4. The van der Waals surface area contributed by atoms with Crippen molar-refractivity contribution >= 4 is 35.6 Å². The zero-order chi connectivity index (χ0) is 18.5. The molecule has 1 aliphatic heterocycles. The van der Waals surface area contributed by atoms with Gasteiger partial charge in [-0.05, 0) is 30.2 Å². The molecule has 0 aliphatic carbocycles. The van der Waals surface area contributed by atoms with Gasteiger partial charge in [-0.3, -0.25) is 4.99 Å². The van der Waals surface area contributed by atoms with Crippen LogP contribution in [0.15, 0.2) is 35.3 Å². The summed E-state index contributed by atoms with van der Waals surface area (Å²) in [6.07, 6.45) is 0.897. The fraction of sp³-hybridized carbons (Fsp3) is 0.278. The molecule has 0 amide bonds. The molecular formula is C18H19F3IN3O2. The van der Waals surface area contributed by atoms with Crippen molar-refractivity contribution in [3.8, 4) is 11.5 Å². The molecule has 146 valence electrons. The number of ether oxygens (including phenoxy) is 2. The van der Waals surface area contributed by atoms with Crippen LogP contribution in [0.2, 0.25) is 0 Å². The Morgan fingerprint density at radius 3 is 2.56 bits per heavy atom. The third-order valence-corrected chi connectivity index (χ3v) is 3.80. The monoisotopic (exact) mass is 493 g/mol. The summed E-state index contributed by atoms with van der Waals surface area (Å²) in [6, 6.07) is 7.36. The molecule has 0 bridgehead atoms. The maximum atomic E-state index is 13.6. The Kier molecular flexibility index (Phi) is 7.57. The van der Waals surface area contributed by atoms with E-state index in [9.17, 15) is 13.2 Å². The summed E-state index contributed by atoms with van der Waals surface area (Å²) in [5.41, 5.74) is 6.51. The molecule has 5 nitrogen and oxygen atoms in total. The number of aliphatic imine (C=N–C) groups is 1. The van der Waals surface area contributed by atoms with E-state index in [-0.39, 0.29) is 48.5 Å². The molecule has 0 saturated heterocycles. The third-order valence-electron chi connectivity index (χ3n) is 3.80. The Morgan fingerprint density at radius 2 is 1.78 bits per heavy atom. The van der Waals surface area contributed by atoms with Gasteiger partial charge in [0, 0.05) is 24.7 Å². The standard InChI is InChI=1S/C18H18F3N3O2.HI/c19-13-4-2-11(16(20)17(13)21)6-7-23-18(22)24-12-3-5-14-15(10-12)26-9-1-8-25-14;/h2-5,10H,1,6-9H2,(H3,22,23,24);1H. The summed E-state index contributed by atoms with van der Waals surface area (Å²) >= 11 is 0. The zero-order valence-electron chi connectivity index (χ0n) is 14.3. The molecule has 9 heteroatoms. The second-order valence-electron chi connectivity index (χ2n) is 5.69. The van der Waals surface area contributed by atoms with E-state index in [1.807, 2.05) is 0 Å². The molecule has 0 atom stereocenters. The molecule has 0 spiro atoms. The van der Waals surface area contributed by atoms with Crippen LogP contribution in [0.5, 0.6) is 11.5 Å². The number of halogens is 4. The number of guanidine groups is 1. The van der Waals surface area contributed by atoms with E-state index in [2.05, 4.69) is 10.3 Å². The number of nitrogens with one attached hydrogen (secondary N) is 1. The highest BCUT2D eigenvalue weighted by atomic mass is 127. The van der Waals surface area contributed by atoms with Gasteiger partial charge in [0.05, 0.1) is 13.2 Å². The Labute approximate surface area is 171 Å². The minimum Gasteiger partial charge on any atom is -0.490 e. The summed E-state index contributed by atoms with van der Waals surface area (Å²) in [4.78, 5) is 4.07. The second-order valence-corrected chi connectivity index (χ2v) is 5.69. The lowest BCUT2D eigenvalue weighted by molar-refractivity contribution is 0.297. The molecule has 0 radical (unpaired) electrons. The largest absolute Gasteiger partial charge is 0.490 e. The minimum absolute atomic E-state index is 0. The zero-order valence-corrected chi connectivity index (χ0v) is 16.6. The number of nitrogens with zero attached hydrogens (tertiary/aromatic N) is 1. The van der Waals surface area contributed by atoms with Crippen molar-refractivity contribution in [2.75, 3.05) is 25.1 Å². The highest BCUT2D eigenvalue weighted by Crippen LogP contribution is 2.32. The van der Waals surface area contributed by atoms with Gasteiger partial charge in [-0.1, -0.05) is 6.07 Å². The van der Waals surface area contributed by atoms with E-state index in [0.717, 1.165) is 12.5 Å². The van der Waals surface area contributed by atoms with Crippen LogP contribution in [-0.4, -0.2) is 25.7 Å². The first-order valence-electron chi connectivity index (χ1n) is 8.13. The van der Waals surface area contributed by atoms with Crippen LogP contribution in [0.25, 0.3) is 0 Å². The maximum Gasteiger partial charge on any atom is 0.194 e. The van der Waals surface area contributed by atoms with E-state index in [4.69, 9.17) is 15.2 Å². The highest BCUT2D eigenvalue weighted by molar-refractivity contribution is 14.0. The number of anilines is 1. The summed E-state index contributed by atoms with van der Waals surface area (Å²) in [6.45, 7) is 1.29. The first kappa shape index (κ1) is 21.1. The molecule has 27 heavy (non-hydrogen) atoms. The smallest absolute Gasteiger partial charge is 0.194 e. The molecule has 2 aromatic rings. The maximum absolute atomic E-state index is 13.6. The van der Waals surface area contributed by atoms with Gasteiger partial charge in [0.1, 0.15) is 0 Å². The predicted octanol–water partition coefficient (Wildman–Crippen LogP) is 3.85. The normalized spacial score (nSPS) is 13.5. The van der Waals surface area contributed by atoms with Crippen LogP contribution in [0, 0.1) is 17.5 Å². The number of nitrogens with two attached hydrogens (primary N) is 1. The number of benzene rings is 2. The third kappa shape index (κ3) is 5.41. The van der Waals surface area contributed by atoms with Crippen molar-refractivity contribution in [3.63, 3.8) is 0 Å². The Balaban J connectivity index is 0.00000261. The van der Waals surface area contributed by atoms with Crippen LogP contribution in [0.1, 0.15) is 12.0 Å². The van der Waals surface area contributed by atoms with Gasteiger partial charge in [-0.25, -0.2) is 13.2 Å². The summed E-state index contributed by atoms with van der Waals surface area (Å²) in [5, 5.41) is 2.90. The summed E-state index contributed by atoms with van der Waals surface area (Å²) in [5.74, 6) is -2.51. The van der Waals surface area contributed by atoms with Crippen molar-refractivity contribution in [2.24, 2.45) is 10.7 Å². The minimum atomic E-state index is -1.48. The van der Waals surface area contributed by atoms with Crippen LogP contribution in [-0.2, 0) is 6.42 Å². The average Bonchev–Trinajstić information content (AvgIpc) is 2.86. The van der Waals surface area contributed by atoms with Crippen molar-refractivity contribution in [3.05, 3.63) is 53.3 Å². The highest BCUT2D eigenvalue weighted by Gasteiger charge is 2.13. The van der Waals surface area contributed by atoms with Crippen molar-refractivity contribution < 1.29 is 22.6 Å². The fourth-order valence-electron chi connectivity index (χ4n) is 2.48. The first-order chi connectivity index (χ1) is 12.5.